The second-order valence-corrected chi connectivity index (χ2v) is 5.06. The third-order valence-electron chi connectivity index (χ3n) is 3.58. The Morgan fingerprint density at radius 1 is 1.29 bits per heavy atom. The SMILES string of the molecule is NCC(=O)NCC(=O)NCC(c1ccco1)N1CCCC1. The summed E-state index contributed by atoms with van der Waals surface area (Å²) in [6.07, 6.45) is 3.97. The number of nitrogens with two attached hydrogens (primary N) is 1. The Bertz CT molecular complexity index is 455. The van der Waals surface area contributed by atoms with Crippen LogP contribution in [0.2, 0.25) is 0 Å². The monoisotopic (exact) mass is 294 g/mol. The van der Waals surface area contributed by atoms with E-state index in [4.69, 9.17) is 10.2 Å². The number of amides is 2. The lowest BCUT2D eigenvalue weighted by atomic mass is 10.2. The first-order valence-corrected chi connectivity index (χ1v) is 7.21. The Hall–Kier alpha value is -1.86. The first-order chi connectivity index (χ1) is 10.2. The Balaban J connectivity index is 1.84. The highest BCUT2D eigenvalue weighted by molar-refractivity contribution is 5.85. The van der Waals surface area contributed by atoms with Crippen molar-refractivity contribution in [1.29, 1.82) is 0 Å². The zero-order valence-corrected chi connectivity index (χ0v) is 12.0. The highest BCUT2D eigenvalue weighted by Crippen LogP contribution is 2.24. The summed E-state index contributed by atoms with van der Waals surface area (Å²) in [4.78, 5) is 25.1. The summed E-state index contributed by atoms with van der Waals surface area (Å²) in [5.74, 6) is 0.281. The normalized spacial score (nSPS) is 16.6. The summed E-state index contributed by atoms with van der Waals surface area (Å²) < 4.78 is 5.48. The van der Waals surface area contributed by atoms with Crippen molar-refractivity contribution in [2.24, 2.45) is 5.73 Å². The van der Waals surface area contributed by atoms with Gasteiger partial charge in [0.15, 0.2) is 0 Å². The molecule has 0 saturated carbocycles. The largest absolute Gasteiger partial charge is 0.468 e. The van der Waals surface area contributed by atoms with Crippen molar-refractivity contribution in [2.75, 3.05) is 32.7 Å². The summed E-state index contributed by atoms with van der Waals surface area (Å²) >= 11 is 0. The molecule has 21 heavy (non-hydrogen) atoms. The number of likely N-dealkylation sites (tertiary alicyclic amines) is 1. The van der Waals surface area contributed by atoms with Gasteiger partial charge in [0.05, 0.1) is 25.4 Å². The standard InChI is InChI=1S/C14H22N4O3/c15-8-13(19)17-10-14(20)16-9-11(12-4-3-7-21-12)18-5-1-2-6-18/h3-4,7,11H,1-2,5-6,8-10,15H2,(H,16,20)(H,17,19). The average Bonchev–Trinajstić information content (AvgIpc) is 3.18. The molecule has 7 nitrogen and oxygen atoms in total. The lowest BCUT2D eigenvalue weighted by molar-refractivity contribution is -0.125. The van der Waals surface area contributed by atoms with Crippen LogP contribution in [0.1, 0.15) is 24.6 Å². The zero-order chi connectivity index (χ0) is 15.1. The predicted octanol–water partition coefficient (Wildman–Crippen LogP) is -0.392. The number of carbonyl (C=O) groups excluding carboxylic acids is 2. The first kappa shape index (κ1) is 15.5. The summed E-state index contributed by atoms with van der Waals surface area (Å²) in [5.41, 5.74) is 5.16. The number of rotatable bonds is 7. The maximum atomic E-state index is 11.7. The Kier molecular flexibility index (Phi) is 5.77. The van der Waals surface area contributed by atoms with Crippen LogP contribution < -0.4 is 16.4 Å². The van der Waals surface area contributed by atoms with Crippen LogP contribution in [-0.4, -0.2) is 49.4 Å². The molecule has 0 spiro atoms. The van der Waals surface area contributed by atoms with E-state index in [0.29, 0.717) is 6.54 Å². The molecule has 1 saturated heterocycles. The van der Waals surface area contributed by atoms with Crippen LogP contribution in [0.4, 0.5) is 0 Å². The molecule has 0 radical (unpaired) electrons. The van der Waals surface area contributed by atoms with Gasteiger partial charge < -0.3 is 20.8 Å². The minimum Gasteiger partial charge on any atom is -0.468 e. The molecule has 1 atom stereocenters. The summed E-state index contributed by atoms with van der Waals surface area (Å²) in [6, 6.07) is 3.81. The molecular formula is C14H22N4O3. The number of furan rings is 1. The van der Waals surface area contributed by atoms with E-state index in [9.17, 15) is 9.59 Å². The Labute approximate surface area is 123 Å². The quantitative estimate of drug-likeness (QED) is 0.636. The number of hydrogen-bond acceptors (Lipinski definition) is 5. The van der Waals surface area contributed by atoms with Crippen molar-refractivity contribution in [3.8, 4) is 0 Å². The smallest absolute Gasteiger partial charge is 0.239 e. The van der Waals surface area contributed by atoms with Gasteiger partial charge in [-0.05, 0) is 38.1 Å². The third kappa shape index (κ3) is 4.57. The summed E-state index contributed by atoms with van der Waals surface area (Å²) in [7, 11) is 0. The van der Waals surface area contributed by atoms with E-state index in [1.807, 2.05) is 12.1 Å². The minimum atomic E-state index is -0.340. The number of hydrogen-bond donors (Lipinski definition) is 3. The van der Waals surface area contributed by atoms with Crippen molar-refractivity contribution in [2.45, 2.75) is 18.9 Å². The van der Waals surface area contributed by atoms with Crippen LogP contribution >= 0.6 is 0 Å². The fourth-order valence-corrected chi connectivity index (χ4v) is 2.47. The van der Waals surface area contributed by atoms with Gasteiger partial charge in [0.1, 0.15) is 5.76 Å². The van der Waals surface area contributed by atoms with Crippen molar-refractivity contribution in [3.05, 3.63) is 24.2 Å². The molecule has 1 aliphatic heterocycles. The van der Waals surface area contributed by atoms with Crippen molar-refractivity contribution in [1.82, 2.24) is 15.5 Å². The molecule has 0 bridgehead atoms. The highest BCUT2D eigenvalue weighted by Gasteiger charge is 2.25. The van der Waals surface area contributed by atoms with Crippen LogP contribution in [0, 0.1) is 0 Å². The minimum absolute atomic E-state index is 0.0386. The van der Waals surface area contributed by atoms with Gasteiger partial charge in [-0.1, -0.05) is 0 Å². The van der Waals surface area contributed by atoms with E-state index < -0.39 is 0 Å². The van der Waals surface area contributed by atoms with Gasteiger partial charge in [0, 0.05) is 6.54 Å². The van der Waals surface area contributed by atoms with Crippen molar-refractivity contribution < 1.29 is 14.0 Å². The fourth-order valence-electron chi connectivity index (χ4n) is 2.47. The van der Waals surface area contributed by atoms with Crippen molar-refractivity contribution >= 4 is 11.8 Å². The van der Waals surface area contributed by atoms with Gasteiger partial charge in [-0.3, -0.25) is 14.5 Å². The Morgan fingerprint density at radius 3 is 2.67 bits per heavy atom. The van der Waals surface area contributed by atoms with Gasteiger partial charge in [-0.15, -0.1) is 0 Å². The highest BCUT2D eigenvalue weighted by atomic mass is 16.3. The molecule has 116 valence electrons. The molecule has 1 aromatic rings. The lowest BCUT2D eigenvalue weighted by Gasteiger charge is -2.26. The maximum Gasteiger partial charge on any atom is 0.239 e. The van der Waals surface area contributed by atoms with Gasteiger partial charge >= 0.3 is 0 Å². The third-order valence-corrected chi connectivity index (χ3v) is 3.58. The summed E-state index contributed by atoms with van der Waals surface area (Å²) in [6.45, 7) is 2.30. The summed E-state index contributed by atoms with van der Waals surface area (Å²) in [5, 5.41) is 5.28. The molecule has 0 aromatic carbocycles. The average molecular weight is 294 g/mol. The second kappa shape index (κ2) is 7.80. The molecule has 0 aliphatic carbocycles. The van der Waals surface area contributed by atoms with E-state index in [2.05, 4.69) is 15.5 Å². The molecule has 2 rings (SSSR count). The molecular weight excluding hydrogens is 272 g/mol. The second-order valence-electron chi connectivity index (χ2n) is 5.06. The van der Waals surface area contributed by atoms with E-state index in [-0.39, 0.29) is 30.9 Å². The van der Waals surface area contributed by atoms with Crippen LogP contribution in [-0.2, 0) is 9.59 Å². The molecule has 7 heteroatoms. The molecule has 1 aliphatic rings. The van der Waals surface area contributed by atoms with Gasteiger partial charge in [0.25, 0.3) is 0 Å². The molecule has 2 heterocycles. The van der Waals surface area contributed by atoms with Crippen molar-refractivity contribution in [3.63, 3.8) is 0 Å². The predicted molar refractivity (Wildman–Crippen MR) is 77.3 cm³/mol. The molecule has 1 fully saturated rings. The molecule has 1 unspecified atom stereocenters. The fraction of sp³-hybridized carbons (Fsp3) is 0.571. The first-order valence-electron chi connectivity index (χ1n) is 7.21. The molecule has 1 aromatic heterocycles. The van der Waals surface area contributed by atoms with Gasteiger partial charge in [-0.2, -0.15) is 0 Å². The lowest BCUT2D eigenvalue weighted by Crippen LogP contribution is -2.42. The van der Waals surface area contributed by atoms with Crippen LogP contribution in [0.5, 0.6) is 0 Å². The van der Waals surface area contributed by atoms with Crippen LogP contribution in [0.25, 0.3) is 0 Å². The molecule has 4 N–H and O–H groups in total. The topological polar surface area (TPSA) is 101 Å². The van der Waals surface area contributed by atoms with Gasteiger partial charge in [0.2, 0.25) is 11.8 Å². The van der Waals surface area contributed by atoms with Gasteiger partial charge in [-0.25, -0.2) is 0 Å². The number of nitrogens with one attached hydrogen (secondary N) is 2. The number of nitrogens with zero attached hydrogens (tertiary/aromatic N) is 1. The van der Waals surface area contributed by atoms with E-state index in [1.54, 1.807) is 6.26 Å². The van der Waals surface area contributed by atoms with E-state index in [0.717, 1.165) is 31.7 Å². The zero-order valence-electron chi connectivity index (χ0n) is 12.0. The van der Waals surface area contributed by atoms with E-state index >= 15 is 0 Å². The van der Waals surface area contributed by atoms with Crippen LogP contribution in [0.3, 0.4) is 0 Å². The molecule has 2 amide bonds. The van der Waals surface area contributed by atoms with Crippen LogP contribution in [0.15, 0.2) is 22.8 Å². The Morgan fingerprint density at radius 2 is 2.05 bits per heavy atom. The number of carbonyl (C=O) groups is 2. The van der Waals surface area contributed by atoms with E-state index in [1.165, 1.54) is 0 Å². The maximum absolute atomic E-state index is 11.7.